The van der Waals surface area contributed by atoms with Crippen LogP contribution in [-0.4, -0.2) is 46.7 Å². The number of methoxy groups -OCH3 is 1. The van der Waals surface area contributed by atoms with E-state index in [1.54, 1.807) is 43.2 Å². The average molecular weight is 346 g/mol. The molecule has 1 fully saturated rings. The Morgan fingerprint density at radius 3 is 2.76 bits per heavy atom. The Kier molecular flexibility index (Phi) is 4.94. The van der Waals surface area contributed by atoms with Gasteiger partial charge in [0.05, 0.1) is 12.7 Å². The fourth-order valence-corrected chi connectivity index (χ4v) is 2.85. The van der Waals surface area contributed by atoms with Crippen LogP contribution in [0.2, 0.25) is 0 Å². The maximum Gasteiger partial charge on any atom is 0.275 e. The van der Waals surface area contributed by atoms with E-state index in [2.05, 4.69) is 4.98 Å². The second-order valence-corrected chi connectivity index (χ2v) is 6.42. The predicted molar refractivity (Wildman–Crippen MR) is 89.6 cm³/mol. The number of ether oxygens (including phenoxy) is 2. The molecule has 2 heterocycles. The maximum absolute atomic E-state index is 12.5. The van der Waals surface area contributed by atoms with Gasteiger partial charge in [0, 0.05) is 13.1 Å². The van der Waals surface area contributed by atoms with E-state index in [1.807, 2.05) is 0 Å². The number of carbonyl (C=O) groups is 1. The van der Waals surface area contributed by atoms with Gasteiger partial charge >= 0.3 is 0 Å². The fraction of sp³-hybridized carbons (Fsp3) is 0.444. The highest BCUT2D eigenvalue weighted by atomic mass is 16.5. The maximum atomic E-state index is 12.5. The lowest BCUT2D eigenvalue weighted by atomic mass is 9.95. The summed E-state index contributed by atoms with van der Waals surface area (Å²) < 4.78 is 16.0. The van der Waals surface area contributed by atoms with E-state index in [0.717, 1.165) is 12.2 Å². The van der Waals surface area contributed by atoms with Gasteiger partial charge in [0.25, 0.3) is 5.91 Å². The van der Waals surface area contributed by atoms with Gasteiger partial charge < -0.3 is 23.9 Å². The Balaban J connectivity index is 1.58. The van der Waals surface area contributed by atoms with Crippen LogP contribution in [0.4, 0.5) is 0 Å². The molecule has 0 aliphatic carbocycles. The number of amides is 1. The Hall–Kier alpha value is -2.54. The topological polar surface area (TPSA) is 85.0 Å². The molecule has 1 atom stereocenters. The third kappa shape index (κ3) is 4.30. The van der Waals surface area contributed by atoms with E-state index in [9.17, 15) is 9.90 Å². The molecule has 0 saturated carbocycles. The van der Waals surface area contributed by atoms with E-state index in [0.29, 0.717) is 31.2 Å². The van der Waals surface area contributed by atoms with Gasteiger partial charge in [-0.2, -0.15) is 0 Å². The molecule has 1 aliphatic heterocycles. The zero-order chi connectivity index (χ0) is 17.9. The molecule has 7 nitrogen and oxygen atoms in total. The molecule has 1 unspecified atom stereocenters. The van der Waals surface area contributed by atoms with Gasteiger partial charge in [0.2, 0.25) is 5.89 Å². The number of hydrogen-bond donors (Lipinski definition) is 1. The summed E-state index contributed by atoms with van der Waals surface area (Å²) in [7, 11) is 1.60. The van der Waals surface area contributed by atoms with Crippen LogP contribution in [0.3, 0.4) is 0 Å². The normalized spacial score (nSPS) is 20.4. The molecule has 2 aromatic rings. The van der Waals surface area contributed by atoms with E-state index >= 15 is 0 Å². The smallest absolute Gasteiger partial charge is 0.275 e. The number of hydrogen-bond acceptors (Lipinski definition) is 6. The van der Waals surface area contributed by atoms with Gasteiger partial charge in [-0.15, -0.1) is 0 Å². The largest absolute Gasteiger partial charge is 0.497 e. The van der Waals surface area contributed by atoms with Crippen molar-refractivity contribution >= 4 is 5.91 Å². The van der Waals surface area contributed by atoms with Crippen molar-refractivity contribution in [3.8, 4) is 11.5 Å². The van der Waals surface area contributed by atoms with Crippen LogP contribution in [0, 0.1) is 0 Å². The molecule has 3 rings (SSSR count). The zero-order valence-corrected chi connectivity index (χ0v) is 14.4. The molecule has 1 aromatic heterocycles. The number of rotatable bonds is 5. The van der Waals surface area contributed by atoms with Crippen LogP contribution in [0.1, 0.15) is 36.1 Å². The van der Waals surface area contributed by atoms with Crippen molar-refractivity contribution in [2.24, 2.45) is 0 Å². The minimum absolute atomic E-state index is 0.122. The Bertz CT molecular complexity index is 723. The zero-order valence-electron chi connectivity index (χ0n) is 14.4. The predicted octanol–water partition coefficient (Wildman–Crippen LogP) is 2.25. The lowest BCUT2D eigenvalue weighted by molar-refractivity contribution is -0.0109. The molecule has 1 aliphatic rings. The number of piperidine rings is 1. The number of oxazole rings is 1. The third-order valence-electron chi connectivity index (χ3n) is 4.15. The number of benzene rings is 1. The van der Waals surface area contributed by atoms with Crippen LogP contribution in [-0.2, 0) is 6.61 Å². The summed E-state index contributed by atoms with van der Waals surface area (Å²) in [5.74, 6) is 1.48. The van der Waals surface area contributed by atoms with Crippen molar-refractivity contribution in [1.82, 2.24) is 9.88 Å². The van der Waals surface area contributed by atoms with Crippen molar-refractivity contribution in [2.75, 3.05) is 20.2 Å². The van der Waals surface area contributed by atoms with Gasteiger partial charge in [0.1, 0.15) is 17.8 Å². The Labute approximate surface area is 146 Å². The van der Waals surface area contributed by atoms with Gasteiger partial charge in [-0.3, -0.25) is 4.79 Å². The summed E-state index contributed by atoms with van der Waals surface area (Å²) >= 11 is 0. The lowest BCUT2D eigenvalue weighted by Crippen LogP contribution is -2.48. The van der Waals surface area contributed by atoms with Crippen LogP contribution in [0.25, 0.3) is 0 Å². The molecule has 1 amide bonds. The second kappa shape index (κ2) is 7.14. The van der Waals surface area contributed by atoms with Crippen molar-refractivity contribution in [2.45, 2.75) is 32.0 Å². The van der Waals surface area contributed by atoms with E-state index in [-0.39, 0.29) is 18.2 Å². The number of aromatic nitrogens is 1. The standard InChI is InChI=1S/C18H22N2O5/c1-18(22)8-3-9-20(12-18)17(21)15-10-25-16(19-15)11-24-14-6-4-13(23-2)5-7-14/h4-7,10,22H,3,8-9,11-12H2,1-2H3. The third-order valence-corrected chi connectivity index (χ3v) is 4.15. The van der Waals surface area contributed by atoms with Crippen molar-refractivity contribution in [3.05, 3.63) is 42.1 Å². The summed E-state index contributed by atoms with van der Waals surface area (Å²) in [6.45, 7) is 2.77. The number of carbonyl (C=O) groups excluding carboxylic acids is 1. The minimum atomic E-state index is -0.849. The summed E-state index contributed by atoms with van der Waals surface area (Å²) in [5, 5.41) is 10.1. The first kappa shape index (κ1) is 17.3. The monoisotopic (exact) mass is 346 g/mol. The molecule has 7 heteroatoms. The molecular formula is C18H22N2O5. The van der Waals surface area contributed by atoms with E-state index in [4.69, 9.17) is 13.9 Å². The number of β-amino-alcohol motifs (C(OH)–C–C–N with tert-alkyl or cyclic N) is 1. The molecule has 1 saturated heterocycles. The molecule has 1 aromatic carbocycles. The van der Waals surface area contributed by atoms with E-state index < -0.39 is 5.60 Å². The first-order valence-electron chi connectivity index (χ1n) is 8.20. The van der Waals surface area contributed by atoms with Crippen molar-refractivity contribution < 1.29 is 23.8 Å². The quantitative estimate of drug-likeness (QED) is 0.894. The Morgan fingerprint density at radius 2 is 2.08 bits per heavy atom. The Morgan fingerprint density at radius 1 is 1.36 bits per heavy atom. The first-order chi connectivity index (χ1) is 12.0. The summed E-state index contributed by atoms with van der Waals surface area (Å²) in [5.41, 5.74) is -0.621. The molecular weight excluding hydrogens is 324 g/mol. The molecule has 25 heavy (non-hydrogen) atoms. The first-order valence-corrected chi connectivity index (χ1v) is 8.20. The number of aliphatic hydroxyl groups is 1. The molecule has 0 radical (unpaired) electrons. The summed E-state index contributed by atoms with van der Waals surface area (Å²) in [4.78, 5) is 18.3. The molecule has 0 spiro atoms. The van der Waals surface area contributed by atoms with E-state index in [1.165, 1.54) is 6.26 Å². The minimum Gasteiger partial charge on any atom is -0.497 e. The highest BCUT2D eigenvalue weighted by Crippen LogP contribution is 2.22. The fourth-order valence-electron chi connectivity index (χ4n) is 2.85. The summed E-state index contributed by atoms with van der Waals surface area (Å²) in [6.07, 6.45) is 2.79. The highest BCUT2D eigenvalue weighted by Gasteiger charge is 2.32. The SMILES string of the molecule is COc1ccc(OCc2nc(C(=O)N3CCCC(C)(O)C3)co2)cc1. The van der Waals surface area contributed by atoms with Crippen LogP contribution in [0.5, 0.6) is 11.5 Å². The van der Waals surface area contributed by atoms with Gasteiger partial charge in [-0.1, -0.05) is 0 Å². The highest BCUT2D eigenvalue weighted by molar-refractivity contribution is 5.92. The molecule has 134 valence electrons. The average Bonchev–Trinajstić information content (AvgIpc) is 3.08. The van der Waals surface area contributed by atoms with Crippen molar-refractivity contribution in [1.29, 1.82) is 0 Å². The molecule has 1 N–H and O–H groups in total. The molecule has 0 bridgehead atoms. The van der Waals surface area contributed by atoms with Gasteiger partial charge in [-0.25, -0.2) is 4.98 Å². The summed E-state index contributed by atoms with van der Waals surface area (Å²) in [6, 6.07) is 7.15. The van der Waals surface area contributed by atoms with Crippen LogP contribution < -0.4 is 9.47 Å². The lowest BCUT2D eigenvalue weighted by Gasteiger charge is -2.36. The van der Waals surface area contributed by atoms with Gasteiger partial charge in [-0.05, 0) is 44.0 Å². The van der Waals surface area contributed by atoms with Crippen molar-refractivity contribution in [3.63, 3.8) is 0 Å². The van der Waals surface area contributed by atoms with Gasteiger partial charge in [0.15, 0.2) is 12.3 Å². The number of nitrogens with zero attached hydrogens (tertiary/aromatic N) is 2. The second-order valence-electron chi connectivity index (χ2n) is 6.42. The van der Waals surface area contributed by atoms with Crippen LogP contribution in [0.15, 0.2) is 34.9 Å². The van der Waals surface area contributed by atoms with Crippen LogP contribution >= 0.6 is 0 Å². The number of likely N-dealkylation sites (tertiary alicyclic amines) is 1.